The number of aromatic nitrogens is 2. The van der Waals surface area contributed by atoms with Gasteiger partial charge < -0.3 is 56.1 Å². The summed E-state index contributed by atoms with van der Waals surface area (Å²) in [7, 11) is -5.04. The van der Waals surface area contributed by atoms with Crippen LogP contribution in [0, 0.1) is 0 Å². The third-order valence-corrected chi connectivity index (χ3v) is 7.21. The van der Waals surface area contributed by atoms with Crippen LogP contribution in [0.1, 0.15) is 12.6 Å². The van der Waals surface area contributed by atoms with E-state index in [-0.39, 0.29) is 5.82 Å². The van der Waals surface area contributed by atoms with Gasteiger partial charge in [-0.1, -0.05) is 0 Å². The Labute approximate surface area is 225 Å². The fourth-order valence-corrected chi connectivity index (χ4v) is 4.94. The molecule has 20 heteroatoms. The number of nitrogens with one attached hydrogen (secondary N) is 1. The number of aliphatic hydroxyl groups excluding tert-OH is 6. The van der Waals surface area contributed by atoms with Gasteiger partial charge in [0.2, 0.25) is 5.91 Å². The molecule has 2 aliphatic heterocycles. The summed E-state index contributed by atoms with van der Waals surface area (Å²) in [6, 6.07) is -0.102. The molecule has 3 heterocycles. The van der Waals surface area contributed by atoms with Crippen molar-refractivity contribution in [2.75, 3.05) is 24.8 Å². The van der Waals surface area contributed by atoms with Crippen LogP contribution in [0.3, 0.4) is 0 Å². The Morgan fingerprint density at radius 3 is 2.62 bits per heavy atom. The topological polar surface area (TPSA) is 286 Å². The lowest BCUT2D eigenvalue weighted by molar-refractivity contribution is -0.232. The van der Waals surface area contributed by atoms with E-state index in [0.29, 0.717) is 0 Å². The summed E-state index contributed by atoms with van der Waals surface area (Å²) in [6.07, 6.45) is -14.1. The zero-order valence-corrected chi connectivity index (χ0v) is 21.7. The Hall–Kier alpha value is -1.77. The maximum absolute atomic E-state index is 12.6. The van der Waals surface area contributed by atoms with E-state index in [2.05, 4.69) is 10.3 Å². The van der Waals surface area contributed by atoms with E-state index in [1.807, 2.05) is 0 Å². The van der Waals surface area contributed by atoms with E-state index in [1.54, 1.807) is 0 Å². The van der Waals surface area contributed by atoms with Crippen molar-refractivity contribution in [2.45, 2.75) is 67.7 Å². The molecule has 0 saturated carbocycles. The van der Waals surface area contributed by atoms with Gasteiger partial charge in [-0.2, -0.15) is 4.98 Å². The van der Waals surface area contributed by atoms with E-state index < -0.39 is 106 Å². The van der Waals surface area contributed by atoms with Gasteiger partial charge in [0, 0.05) is 12.6 Å². The summed E-state index contributed by atoms with van der Waals surface area (Å²) in [5, 5.41) is 62.6. The molecule has 10 N–H and O–H groups in total. The first-order valence-electron chi connectivity index (χ1n) is 11.5. The van der Waals surface area contributed by atoms with Crippen molar-refractivity contribution in [2.24, 2.45) is 0 Å². The summed E-state index contributed by atoms with van der Waals surface area (Å²) >= 11 is 5.45. The van der Waals surface area contributed by atoms with Crippen LogP contribution in [0.5, 0.6) is 0 Å². The van der Waals surface area contributed by atoms with Gasteiger partial charge in [0.15, 0.2) is 12.5 Å². The molecule has 0 bridgehead atoms. The molecule has 11 atom stereocenters. The summed E-state index contributed by atoms with van der Waals surface area (Å²) in [5.41, 5.74) is 4.53. The second kappa shape index (κ2) is 13.3. The fraction of sp³-hybridized carbons (Fsp3) is 0.737. The molecule has 2 aliphatic rings. The second-order valence-electron chi connectivity index (χ2n) is 8.76. The number of phosphoric ester groups is 1. The highest BCUT2D eigenvalue weighted by Gasteiger charge is 2.48. The highest BCUT2D eigenvalue weighted by atomic mass is 35.5. The van der Waals surface area contributed by atoms with Crippen LogP contribution >= 0.6 is 19.4 Å². The molecule has 2 saturated heterocycles. The van der Waals surface area contributed by atoms with Crippen LogP contribution in [0.15, 0.2) is 17.1 Å². The van der Waals surface area contributed by atoms with E-state index in [1.165, 1.54) is 12.3 Å². The molecule has 3 rings (SSSR count). The predicted octanol–water partition coefficient (Wildman–Crippen LogP) is -4.51. The van der Waals surface area contributed by atoms with E-state index in [0.717, 1.165) is 4.57 Å². The molecule has 222 valence electrons. The number of nitrogens with zero attached hydrogens (tertiary/aromatic N) is 2. The van der Waals surface area contributed by atoms with Crippen LogP contribution in [-0.2, 0) is 27.9 Å². The van der Waals surface area contributed by atoms with Gasteiger partial charge in [0.25, 0.3) is 0 Å². The Kier molecular flexibility index (Phi) is 10.8. The van der Waals surface area contributed by atoms with E-state index in [4.69, 9.17) is 41.0 Å². The molecule has 1 amide bonds. The maximum atomic E-state index is 12.6. The number of amides is 1. The average molecular weight is 605 g/mol. The number of alkyl halides is 1. The molecular formula is C19H30ClN4O14P. The van der Waals surface area contributed by atoms with Crippen LogP contribution < -0.4 is 16.7 Å². The smallest absolute Gasteiger partial charge is 0.394 e. The number of hydrogen-bond donors (Lipinski definition) is 9. The predicted molar refractivity (Wildman–Crippen MR) is 127 cm³/mol. The van der Waals surface area contributed by atoms with Crippen LogP contribution in [0.25, 0.3) is 0 Å². The third-order valence-electron chi connectivity index (χ3n) is 5.99. The number of carbonyl (C=O) groups is 1. The molecule has 0 spiro atoms. The highest BCUT2D eigenvalue weighted by Crippen LogP contribution is 2.47. The number of halogens is 1. The number of rotatable bonds is 11. The fourth-order valence-electron chi connectivity index (χ4n) is 4.03. The summed E-state index contributed by atoms with van der Waals surface area (Å²) < 4.78 is 34.0. The van der Waals surface area contributed by atoms with Crippen LogP contribution in [0.2, 0.25) is 0 Å². The van der Waals surface area contributed by atoms with Crippen molar-refractivity contribution in [3.05, 3.63) is 22.7 Å². The van der Waals surface area contributed by atoms with Gasteiger partial charge in [0.1, 0.15) is 48.3 Å². The zero-order chi connectivity index (χ0) is 29.1. The molecule has 0 radical (unpaired) electrons. The van der Waals surface area contributed by atoms with Gasteiger partial charge in [-0.15, -0.1) is 11.6 Å². The van der Waals surface area contributed by atoms with E-state index >= 15 is 0 Å². The SMILES string of the molecule is Nc1ccn(C2OC(COP(=O)(O)O[C@H]3C[C@@H](O)[C@@H](NC(=O)CCl)C([C@H](O)[C@H](O)CO)O3)[C@@H](O)[C@H]2O)c(=O)n1. The molecule has 1 aromatic rings. The molecule has 2 fully saturated rings. The van der Waals surface area contributed by atoms with Gasteiger partial charge in [-0.25, -0.2) is 9.36 Å². The monoisotopic (exact) mass is 604 g/mol. The minimum atomic E-state index is -5.04. The first-order chi connectivity index (χ1) is 18.3. The second-order valence-corrected chi connectivity index (χ2v) is 10.4. The first kappa shape index (κ1) is 31.8. The van der Waals surface area contributed by atoms with Crippen molar-refractivity contribution in [1.29, 1.82) is 0 Å². The standard InChI is InChI=1S/C19H30ClN4O14P/c20-4-11(28)23-13-7(26)3-12(37-17(13)14(29)8(27)5-25)38-39(33,34)35-6-9-15(30)16(31)18(36-9)24-2-1-10(21)22-19(24)32/h1-2,7-9,12-18,25-27,29-31H,3-6H2,(H,23,28)(H,33,34)(H2,21,22,32)/t7-,8-,9?,12+,13-,14-,15-,16-,17?,18?/m1/s1. The quantitative estimate of drug-likeness (QED) is 0.0849. The number of nitrogen functional groups attached to an aromatic ring is 1. The largest absolute Gasteiger partial charge is 0.474 e. The summed E-state index contributed by atoms with van der Waals surface area (Å²) in [6.45, 7) is -1.74. The van der Waals surface area contributed by atoms with Crippen molar-refractivity contribution in [1.82, 2.24) is 14.9 Å². The minimum absolute atomic E-state index is 0.0917. The van der Waals surface area contributed by atoms with Gasteiger partial charge >= 0.3 is 13.5 Å². The van der Waals surface area contributed by atoms with Crippen LogP contribution in [0.4, 0.5) is 5.82 Å². The summed E-state index contributed by atoms with van der Waals surface area (Å²) in [4.78, 5) is 37.4. The number of ether oxygens (including phenoxy) is 2. The molecule has 18 nitrogen and oxygen atoms in total. The number of anilines is 1. The summed E-state index contributed by atoms with van der Waals surface area (Å²) in [5.74, 6) is -1.36. The van der Waals surface area contributed by atoms with Crippen molar-refractivity contribution < 1.29 is 63.4 Å². The minimum Gasteiger partial charge on any atom is -0.394 e. The number of carbonyl (C=O) groups excluding carboxylic acids is 1. The molecule has 0 aromatic carbocycles. The number of hydrogen-bond acceptors (Lipinski definition) is 15. The van der Waals surface area contributed by atoms with Crippen LogP contribution in [-0.4, -0.2) is 125 Å². The number of aliphatic hydroxyl groups is 6. The molecular weight excluding hydrogens is 575 g/mol. The first-order valence-corrected chi connectivity index (χ1v) is 13.5. The lowest BCUT2D eigenvalue weighted by Crippen LogP contribution is -2.63. The maximum Gasteiger partial charge on any atom is 0.474 e. The van der Waals surface area contributed by atoms with Crippen molar-refractivity contribution in [3.63, 3.8) is 0 Å². The van der Waals surface area contributed by atoms with Crippen molar-refractivity contribution >= 4 is 31.1 Å². The lowest BCUT2D eigenvalue weighted by Gasteiger charge is -2.42. The van der Waals surface area contributed by atoms with E-state index in [9.17, 15) is 44.6 Å². The molecule has 0 aliphatic carbocycles. The zero-order valence-electron chi connectivity index (χ0n) is 20.0. The molecule has 4 unspecified atom stereocenters. The Morgan fingerprint density at radius 2 is 2.00 bits per heavy atom. The Balaban J connectivity index is 1.65. The highest BCUT2D eigenvalue weighted by molar-refractivity contribution is 7.47. The normalized spacial score (nSPS) is 34.3. The number of nitrogens with two attached hydrogens (primary N) is 1. The average Bonchev–Trinajstić information content (AvgIpc) is 3.16. The van der Waals surface area contributed by atoms with Crippen molar-refractivity contribution in [3.8, 4) is 0 Å². The Bertz CT molecular complexity index is 1100. The van der Waals surface area contributed by atoms with Gasteiger partial charge in [-0.05, 0) is 6.07 Å². The third kappa shape index (κ3) is 7.70. The molecule has 1 aromatic heterocycles. The van der Waals surface area contributed by atoms with Gasteiger partial charge in [0.05, 0.1) is 25.4 Å². The van der Waals surface area contributed by atoms with Gasteiger partial charge in [-0.3, -0.25) is 18.4 Å². The lowest BCUT2D eigenvalue weighted by atomic mass is 9.92. The Morgan fingerprint density at radius 1 is 1.31 bits per heavy atom. The molecule has 39 heavy (non-hydrogen) atoms. The number of phosphoric acid groups is 1.